The number of carbonyl (C=O) groups excluding carboxylic acids is 1. The maximum Gasteiger partial charge on any atom is 0.244 e. The molecule has 0 bridgehead atoms. The number of nitrogens with two attached hydrogens (primary N) is 1. The van der Waals surface area contributed by atoms with E-state index in [1.807, 2.05) is 30.3 Å². The Hall–Kier alpha value is -1.85. The van der Waals surface area contributed by atoms with Crippen LogP contribution in [0.1, 0.15) is 25.7 Å². The molecule has 112 valence electrons. The average molecular weight is 307 g/mol. The maximum absolute atomic E-state index is 12.3. The normalized spacial score (nSPS) is 16.2. The molecule has 0 radical (unpaired) electrons. The van der Waals surface area contributed by atoms with Crippen molar-refractivity contribution in [1.82, 2.24) is 10.2 Å². The highest BCUT2D eigenvalue weighted by atomic mass is 35.5. The topological polar surface area (TPSA) is 83.8 Å². The molecule has 1 aliphatic rings. The van der Waals surface area contributed by atoms with Crippen LogP contribution < -0.4 is 11.1 Å². The number of hydrogen-bond acceptors (Lipinski definition) is 3. The molecule has 1 heterocycles. The van der Waals surface area contributed by atoms with Crippen molar-refractivity contribution in [2.45, 2.75) is 31.2 Å². The fraction of sp³-hybridized carbons (Fsp3) is 0.333. The number of aromatic nitrogens is 2. The van der Waals surface area contributed by atoms with E-state index in [1.165, 1.54) is 0 Å². The van der Waals surface area contributed by atoms with Gasteiger partial charge in [-0.3, -0.25) is 9.89 Å². The van der Waals surface area contributed by atoms with E-state index < -0.39 is 5.54 Å². The Kier molecular flexibility index (Phi) is 4.65. The SMILES string of the molecule is Cl.NC1(C(=O)Nc2cccc(-c3ccn[nH]3)c2)CCCC1. The Morgan fingerprint density at radius 3 is 2.71 bits per heavy atom. The number of aromatic amines is 1. The zero-order chi connectivity index (χ0) is 14.0. The lowest BCUT2D eigenvalue weighted by molar-refractivity contribution is -0.121. The van der Waals surface area contributed by atoms with Gasteiger partial charge < -0.3 is 11.1 Å². The molecule has 5 nitrogen and oxygen atoms in total. The minimum Gasteiger partial charge on any atom is -0.324 e. The second kappa shape index (κ2) is 6.28. The van der Waals surface area contributed by atoms with Gasteiger partial charge in [-0.05, 0) is 31.0 Å². The van der Waals surface area contributed by atoms with Gasteiger partial charge in [0.25, 0.3) is 0 Å². The Balaban J connectivity index is 0.00000161. The highest BCUT2D eigenvalue weighted by molar-refractivity contribution is 5.98. The number of rotatable bonds is 3. The van der Waals surface area contributed by atoms with Gasteiger partial charge in [0.2, 0.25) is 5.91 Å². The number of benzene rings is 1. The van der Waals surface area contributed by atoms with E-state index in [2.05, 4.69) is 15.5 Å². The first kappa shape index (κ1) is 15.5. The smallest absolute Gasteiger partial charge is 0.244 e. The molecule has 0 atom stereocenters. The molecule has 3 rings (SSSR count). The molecule has 1 amide bonds. The first-order valence-corrected chi connectivity index (χ1v) is 6.88. The number of amides is 1. The summed E-state index contributed by atoms with van der Waals surface area (Å²) in [7, 11) is 0. The molecule has 1 aliphatic carbocycles. The fourth-order valence-corrected chi connectivity index (χ4v) is 2.67. The summed E-state index contributed by atoms with van der Waals surface area (Å²) in [5.41, 5.74) is 8.12. The maximum atomic E-state index is 12.3. The molecule has 0 aliphatic heterocycles. The molecule has 0 spiro atoms. The minimum absolute atomic E-state index is 0. The summed E-state index contributed by atoms with van der Waals surface area (Å²) < 4.78 is 0. The van der Waals surface area contributed by atoms with Gasteiger partial charge in [0, 0.05) is 17.4 Å². The van der Waals surface area contributed by atoms with Gasteiger partial charge in [-0.2, -0.15) is 5.10 Å². The van der Waals surface area contributed by atoms with Crippen LogP contribution in [0.25, 0.3) is 11.3 Å². The molecule has 0 unspecified atom stereocenters. The van der Waals surface area contributed by atoms with Crippen molar-refractivity contribution >= 4 is 24.0 Å². The summed E-state index contributed by atoms with van der Waals surface area (Å²) in [5.74, 6) is -0.0863. The molecule has 1 saturated carbocycles. The number of halogens is 1. The molecular formula is C15H19ClN4O. The lowest BCUT2D eigenvalue weighted by atomic mass is 9.98. The number of anilines is 1. The van der Waals surface area contributed by atoms with E-state index in [1.54, 1.807) is 6.20 Å². The van der Waals surface area contributed by atoms with E-state index in [0.717, 1.165) is 42.6 Å². The van der Waals surface area contributed by atoms with Crippen LogP contribution in [0.2, 0.25) is 0 Å². The van der Waals surface area contributed by atoms with Crippen LogP contribution in [0.15, 0.2) is 36.5 Å². The van der Waals surface area contributed by atoms with Gasteiger partial charge in [0.15, 0.2) is 0 Å². The van der Waals surface area contributed by atoms with Gasteiger partial charge in [-0.25, -0.2) is 0 Å². The molecule has 1 aromatic heterocycles. The molecule has 21 heavy (non-hydrogen) atoms. The first-order chi connectivity index (χ1) is 9.67. The molecule has 2 aromatic rings. The van der Waals surface area contributed by atoms with Gasteiger partial charge in [-0.15, -0.1) is 12.4 Å². The van der Waals surface area contributed by atoms with Crippen LogP contribution in [0.5, 0.6) is 0 Å². The van der Waals surface area contributed by atoms with Crippen LogP contribution in [0, 0.1) is 0 Å². The second-order valence-electron chi connectivity index (χ2n) is 5.37. The Bertz CT molecular complexity index is 606. The van der Waals surface area contributed by atoms with Crippen molar-refractivity contribution < 1.29 is 4.79 Å². The molecule has 1 aromatic carbocycles. The summed E-state index contributed by atoms with van der Waals surface area (Å²) in [4.78, 5) is 12.3. The Labute approximate surface area is 129 Å². The number of H-pyrrole nitrogens is 1. The molecule has 6 heteroatoms. The van der Waals surface area contributed by atoms with Crippen molar-refractivity contribution in [3.05, 3.63) is 36.5 Å². The number of hydrogen-bond donors (Lipinski definition) is 3. The van der Waals surface area contributed by atoms with E-state index >= 15 is 0 Å². The molecule has 0 saturated heterocycles. The molecule has 1 fully saturated rings. The third-order valence-electron chi connectivity index (χ3n) is 3.88. The predicted octanol–water partition coefficient (Wildman–Crippen LogP) is 2.71. The van der Waals surface area contributed by atoms with Crippen LogP contribution in [-0.2, 0) is 4.79 Å². The summed E-state index contributed by atoms with van der Waals surface area (Å²) in [6.45, 7) is 0. The van der Waals surface area contributed by atoms with Crippen LogP contribution in [0.3, 0.4) is 0 Å². The van der Waals surface area contributed by atoms with Crippen LogP contribution in [-0.4, -0.2) is 21.6 Å². The van der Waals surface area contributed by atoms with Crippen molar-refractivity contribution in [1.29, 1.82) is 0 Å². The second-order valence-corrected chi connectivity index (χ2v) is 5.37. The number of nitrogens with one attached hydrogen (secondary N) is 2. The highest BCUT2D eigenvalue weighted by Gasteiger charge is 2.36. The molecular weight excluding hydrogens is 288 g/mol. The van der Waals surface area contributed by atoms with Crippen LogP contribution in [0.4, 0.5) is 5.69 Å². The fourth-order valence-electron chi connectivity index (χ4n) is 2.67. The van der Waals surface area contributed by atoms with Gasteiger partial charge >= 0.3 is 0 Å². The zero-order valence-corrected chi connectivity index (χ0v) is 12.5. The van der Waals surface area contributed by atoms with Crippen molar-refractivity contribution in [2.75, 3.05) is 5.32 Å². The third-order valence-corrected chi connectivity index (χ3v) is 3.88. The van der Waals surface area contributed by atoms with Crippen molar-refractivity contribution in [3.8, 4) is 11.3 Å². The van der Waals surface area contributed by atoms with E-state index in [9.17, 15) is 4.79 Å². The largest absolute Gasteiger partial charge is 0.324 e. The average Bonchev–Trinajstić information content (AvgIpc) is 3.11. The third kappa shape index (κ3) is 3.25. The zero-order valence-electron chi connectivity index (χ0n) is 11.6. The van der Waals surface area contributed by atoms with E-state index in [0.29, 0.717) is 0 Å². The van der Waals surface area contributed by atoms with E-state index in [4.69, 9.17) is 5.73 Å². The lowest BCUT2D eigenvalue weighted by Crippen LogP contribution is -2.48. The highest BCUT2D eigenvalue weighted by Crippen LogP contribution is 2.29. The monoisotopic (exact) mass is 306 g/mol. The van der Waals surface area contributed by atoms with E-state index in [-0.39, 0.29) is 18.3 Å². The van der Waals surface area contributed by atoms with Crippen LogP contribution >= 0.6 is 12.4 Å². The predicted molar refractivity (Wildman–Crippen MR) is 85.3 cm³/mol. The summed E-state index contributed by atoms with van der Waals surface area (Å²) >= 11 is 0. The van der Waals surface area contributed by atoms with Gasteiger partial charge in [-0.1, -0.05) is 25.0 Å². The first-order valence-electron chi connectivity index (χ1n) is 6.88. The summed E-state index contributed by atoms with van der Waals surface area (Å²) in [5, 5.41) is 9.77. The minimum atomic E-state index is -0.704. The molecule has 4 N–H and O–H groups in total. The number of nitrogens with zero attached hydrogens (tertiary/aromatic N) is 1. The Morgan fingerprint density at radius 1 is 1.29 bits per heavy atom. The van der Waals surface area contributed by atoms with Crippen molar-refractivity contribution in [2.24, 2.45) is 5.73 Å². The van der Waals surface area contributed by atoms with Crippen molar-refractivity contribution in [3.63, 3.8) is 0 Å². The number of carbonyl (C=O) groups is 1. The Morgan fingerprint density at radius 2 is 2.05 bits per heavy atom. The lowest BCUT2D eigenvalue weighted by Gasteiger charge is -2.22. The quantitative estimate of drug-likeness (QED) is 0.815. The standard InChI is InChI=1S/C15H18N4O.ClH/c16-15(7-1-2-8-15)14(20)18-12-5-3-4-11(10-12)13-6-9-17-19-13;/h3-6,9-10H,1-2,7-8,16H2,(H,17,19)(H,18,20);1H. The summed E-state index contributed by atoms with van der Waals surface area (Å²) in [6.07, 6.45) is 5.28. The van der Waals surface area contributed by atoms with Gasteiger partial charge in [0.1, 0.15) is 0 Å². The van der Waals surface area contributed by atoms with Gasteiger partial charge in [0.05, 0.1) is 11.2 Å². The summed E-state index contributed by atoms with van der Waals surface area (Å²) in [6, 6.07) is 9.56.